The van der Waals surface area contributed by atoms with E-state index in [4.69, 9.17) is 10.5 Å². The minimum absolute atomic E-state index is 0.488. The first-order valence-corrected chi connectivity index (χ1v) is 9.33. The standard InChI is InChI=1S/C22H29NO/c1-2-3-16-24-22-14-10-20(11-15-22)18-6-4-17(5-7-18)19-8-12-21(23)13-9-19/h4-9,12-13,20,22H,2-3,10-11,14-16,23H2,1H3/t20-,22-. The Balaban J connectivity index is 1.56. The normalized spacial score (nSPS) is 20.9. The molecular weight excluding hydrogens is 294 g/mol. The molecule has 1 aliphatic rings. The summed E-state index contributed by atoms with van der Waals surface area (Å²) in [4.78, 5) is 0. The van der Waals surface area contributed by atoms with Crippen molar-refractivity contribution >= 4 is 5.69 Å². The van der Waals surface area contributed by atoms with Gasteiger partial charge in [-0.05, 0) is 66.8 Å². The minimum Gasteiger partial charge on any atom is -0.399 e. The van der Waals surface area contributed by atoms with Crippen molar-refractivity contribution in [3.8, 4) is 11.1 Å². The van der Waals surface area contributed by atoms with Crippen molar-refractivity contribution in [2.75, 3.05) is 12.3 Å². The van der Waals surface area contributed by atoms with Crippen LogP contribution in [0.3, 0.4) is 0 Å². The number of anilines is 1. The number of hydrogen-bond donors (Lipinski definition) is 1. The molecule has 2 nitrogen and oxygen atoms in total. The van der Waals surface area contributed by atoms with Crippen LogP contribution in [0.5, 0.6) is 0 Å². The van der Waals surface area contributed by atoms with Crippen LogP contribution in [0.15, 0.2) is 48.5 Å². The molecule has 1 fully saturated rings. The van der Waals surface area contributed by atoms with Gasteiger partial charge in [0.25, 0.3) is 0 Å². The number of rotatable bonds is 6. The Morgan fingerprint density at radius 1 is 0.875 bits per heavy atom. The molecule has 24 heavy (non-hydrogen) atoms. The number of hydrogen-bond acceptors (Lipinski definition) is 2. The van der Waals surface area contributed by atoms with E-state index in [0.717, 1.165) is 12.3 Å². The van der Waals surface area contributed by atoms with Crippen molar-refractivity contribution in [2.24, 2.45) is 0 Å². The van der Waals surface area contributed by atoms with E-state index in [2.05, 4.69) is 43.3 Å². The predicted octanol–water partition coefficient (Wildman–Crippen LogP) is 5.78. The monoisotopic (exact) mass is 323 g/mol. The number of ether oxygens (including phenoxy) is 1. The molecule has 0 atom stereocenters. The second-order valence-electron chi connectivity index (χ2n) is 6.94. The lowest BCUT2D eigenvalue weighted by Gasteiger charge is -2.29. The maximum Gasteiger partial charge on any atom is 0.0575 e. The van der Waals surface area contributed by atoms with Crippen molar-refractivity contribution in [1.82, 2.24) is 0 Å². The van der Waals surface area contributed by atoms with Gasteiger partial charge in [-0.25, -0.2) is 0 Å². The zero-order valence-electron chi connectivity index (χ0n) is 14.7. The third-order valence-corrected chi connectivity index (χ3v) is 5.15. The van der Waals surface area contributed by atoms with E-state index >= 15 is 0 Å². The highest BCUT2D eigenvalue weighted by Crippen LogP contribution is 2.35. The van der Waals surface area contributed by atoms with E-state index in [1.54, 1.807) is 0 Å². The molecule has 1 saturated carbocycles. The summed E-state index contributed by atoms with van der Waals surface area (Å²) in [6, 6.07) is 17.2. The Bertz CT molecular complexity index is 609. The van der Waals surface area contributed by atoms with Crippen LogP contribution in [0.2, 0.25) is 0 Å². The molecule has 2 aromatic rings. The Labute approximate surface area is 146 Å². The molecule has 2 aromatic carbocycles. The average molecular weight is 323 g/mol. The van der Waals surface area contributed by atoms with Crippen LogP contribution in [0.4, 0.5) is 5.69 Å². The molecule has 0 spiro atoms. The smallest absolute Gasteiger partial charge is 0.0575 e. The predicted molar refractivity (Wildman–Crippen MR) is 102 cm³/mol. The molecule has 0 radical (unpaired) electrons. The Morgan fingerprint density at radius 2 is 1.46 bits per heavy atom. The number of benzene rings is 2. The van der Waals surface area contributed by atoms with Gasteiger partial charge in [-0.2, -0.15) is 0 Å². The van der Waals surface area contributed by atoms with Gasteiger partial charge in [0.1, 0.15) is 0 Å². The van der Waals surface area contributed by atoms with E-state index in [-0.39, 0.29) is 0 Å². The third-order valence-electron chi connectivity index (χ3n) is 5.15. The van der Waals surface area contributed by atoms with Crippen LogP contribution in [0.25, 0.3) is 11.1 Å². The molecular formula is C22H29NO. The molecule has 0 bridgehead atoms. The van der Waals surface area contributed by atoms with Gasteiger partial charge in [0.15, 0.2) is 0 Å². The molecule has 128 valence electrons. The summed E-state index contributed by atoms with van der Waals surface area (Å²) in [7, 11) is 0. The summed E-state index contributed by atoms with van der Waals surface area (Å²) in [5, 5.41) is 0. The topological polar surface area (TPSA) is 35.2 Å². The quantitative estimate of drug-likeness (QED) is 0.540. The van der Waals surface area contributed by atoms with Gasteiger partial charge < -0.3 is 10.5 Å². The molecule has 0 aromatic heterocycles. The highest BCUT2D eigenvalue weighted by molar-refractivity contribution is 5.65. The zero-order chi connectivity index (χ0) is 16.8. The molecule has 2 N–H and O–H groups in total. The third kappa shape index (κ3) is 4.39. The maximum absolute atomic E-state index is 5.98. The molecule has 0 amide bonds. The summed E-state index contributed by atoms with van der Waals surface area (Å²) in [6.45, 7) is 3.15. The molecule has 0 saturated heterocycles. The van der Waals surface area contributed by atoms with Gasteiger partial charge in [-0.1, -0.05) is 49.7 Å². The largest absolute Gasteiger partial charge is 0.399 e. The van der Waals surface area contributed by atoms with E-state index in [9.17, 15) is 0 Å². The van der Waals surface area contributed by atoms with Crippen molar-refractivity contribution in [1.29, 1.82) is 0 Å². The van der Waals surface area contributed by atoms with Gasteiger partial charge in [0.2, 0.25) is 0 Å². The van der Waals surface area contributed by atoms with E-state index < -0.39 is 0 Å². The number of nitrogens with two attached hydrogens (primary N) is 1. The Kier molecular flexibility index (Phi) is 5.92. The van der Waals surface area contributed by atoms with Crippen molar-refractivity contribution in [3.05, 3.63) is 54.1 Å². The first kappa shape index (κ1) is 17.0. The molecule has 0 heterocycles. The van der Waals surface area contributed by atoms with E-state index in [1.807, 2.05) is 12.1 Å². The van der Waals surface area contributed by atoms with Gasteiger partial charge in [-0.15, -0.1) is 0 Å². The lowest BCUT2D eigenvalue weighted by Crippen LogP contribution is -2.21. The second-order valence-corrected chi connectivity index (χ2v) is 6.94. The van der Waals surface area contributed by atoms with Gasteiger partial charge >= 0.3 is 0 Å². The van der Waals surface area contributed by atoms with Crippen molar-refractivity contribution < 1.29 is 4.74 Å². The fourth-order valence-electron chi connectivity index (χ4n) is 3.58. The molecule has 0 unspecified atom stereocenters. The lowest BCUT2D eigenvalue weighted by atomic mass is 9.82. The first-order valence-electron chi connectivity index (χ1n) is 9.33. The summed E-state index contributed by atoms with van der Waals surface area (Å²) < 4.78 is 5.98. The summed E-state index contributed by atoms with van der Waals surface area (Å²) in [6.07, 6.45) is 7.79. The average Bonchev–Trinajstić information content (AvgIpc) is 2.63. The van der Waals surface area contributed by atoms with E-state index in [1.165, 1.54) is 55.2 Å². The highest BCUT2D eigenvalue weighted by Gasteiger charge is 2.22. The van der Waals surface area contributed by atoms with Crippen LogP contribution in [-0.4, -0.2) is 12.7 Å². The highest BCUT2D eigenvalue weighted by atomic mass is 16.5. The fraction of sp³-hybridized carbons (Fsp3) is 0.455. The maximum atomic E-state index is 5.98. The van der Waals surface area contributed by atoms with Crippen molar-refractivity contribution in [2.45, 2.75) is 57.5 Å². The SMILES string of the molecule is CCCCO[C@H]1CC[C@H](c2ccc(-c3ccc(N)cc3)cc2)CC1. The molecule has 1 aliphatic carbocycles. The lowest BCUT2D eigenvalue weighted by molar-refractivity contribution is 0.0232. The Morgan fingerprint density at radius 3 is 2.04 bits per heavy atom. The zero-order valence-corrected chi connectivity index (χ0v) is 14.7. The van der Waals surface area contributed by atoms with Gasteiger partial charge in [0.05, 0.1) is 6.10 Å². The molecule has 3 rings (SSSR count). The molecule has 0 aliphatic heterocycles. The fourth-order valence-corrected chi connectivity index (χ4v) is 3.58. The van der Waals surface area contributed by atoms with Crippen LogP contribution in [-0.2, 0) is 4.74 Å². The first-order chi connectivity index (χ1) is 11.8. The Hall–Kier alpha value is -1.80. The van der Waals surface area contributed by atoms with Crippen molar-refractivity contribution in [3.63, 3.8) is 0 Å². The summed E-state index contributed by atoms with van der Waals surface area (Å²) in [5.74, 6) is 0.691. The van der Waals surface area contributed by atoms with Gasteiger partial charge in [-0.3, -0.25) is 0 Å². The molecule has 2 heteroatoms. The minimum atomic E-state index is 0.488. The van der Waals surface area contributed by atoms with Crippen LogP contribution < -0.4 is 5.73 Å². The van der Waals surface area contributed by atoms with Gasteiger partial charge in [0, 0.05) is 12.3 Å². The van der Waals surface area contributed by atoms with E-state index in [0.29, 0.717) is 12.0 Å². The second kappa shape index (κ2) is 8.34. The summed E-state index contributed by atoms with van der Waals surface area (Å²) >= 11 is 0. The van der Waals surface area contributed by atoms with Crippen LogP contribution in [0.1, 0.15) is 56.9 Å². The van der Waals surface area contributed by atoms with Crippen LogP contribution in [0, 0.1) is 0 Å². The summed E-state index contributed by atoms with van der Waals surface area (Å²) in [5.41, 5.74) is 10.5. The number of nitrogen functional groups attached to an aromatic ring is 1. The number of unbranched alkanes of at least 4 members (excludes halogenated alkanes) is 1. The van der Waals surface area contributed by atoms with Crippen LogP contribution >= 0.6 is 0 Å².